The first-order chi connectivity index (χ1) is 10.0. The molecule has 0 aromatic heterocycles. The Balaban J connectivity index is 2.09. The number of carbonyl (C=O) groups is 3. The number of urea groups is 1. The zero-order chi connectivity index (χ0) is 15.4. The van der Waals surface area contributed by atoms with E-state index >= 15 is 0 Å². The fourth-order valence-electron chi connectivity index (χ4n) is 2.69. The molecule has 1 saturated carbocycles. The summed E-state index contributed by atoms with van der Waals surface area (Å²) in [5.74, 6) is -1.42. The zero-order valence-corrected chi connectivity index (χ0v) is 12.3. The summed E-state index contributed by atoms with van der Waals surface area (Å²) < 4.78 is 5.03. The second-order valence-electron chi connectivity index (χ2n) is 5.49. The summed E-state index contributed by atoms with van der Waals surface area (Å²) in [7, 11) is 0. The third kappa shape index (κ3) is 3.86. The normalized spacial score (nSPS) is 21.8. The number of hydrogen-bond donors (Lipinski definition) is 1. The lowest BCUT2D eigenvalue weighted by atomic mass is 10.0. The molecule has 0 radical (unpaired) electrons. The van der Waals surface area contributed by atoms with Gasteiger partial charge in [-0.3, -0.25) is 4.79 Å². The highest BCUT2D eigenvalue weighted by atomic mass is 16.5. The summed E-state index contributed by atoms with van der Waals surface area (Å²) in [6.45, 7) is 2.17. The van der Waals surface area contributed by atoms with E-state index in [4.69, 9.17) is 9.84 Å². The summed E-state index contributed by atoms with van der Waals surface area (Å²) in [5, 5.41) is 8.96. The van der Waals surface area contributed by atoms with E-state index in [1.54, 1.807) is 6.92 Å². The van der Waals surface area contributed by atoms with Crippen LogP contribution in [0.4, 0.5) is 4.79 Å². The van der Waals surface area contributed by atoms with Crippen molar-refractivity contribution in [2.45, 2.75) is 51.1 Å². The molecule has 1 unspecified atom stereocenters. The molecular formula is C14H22N2O5. The largest absolute Gasteiger partial charge is 0.480 e. The van der Waals surface area contributed by atoms with Gasteiger partial charge in [0.2, 0.25) is 0 Å². The van der Waals surface area contributed by atoms with Gasteiger partial charge in [0.25, 0.3) is 0 Å². The SMILES string of the molecule is CCOC(=O)C1CCCCN1C(=O)N(CC(=O)O)C1CC1. The molecule has 2 amide bonds. The van der Waals surface area contributed by atoms with Crippen LogP contribution in [0, 0.1) is 0 Å². The van der Waals surface area contributed by atoms with Crippen LogP contribution in [0.5, 0.6) is 0 Å². The summed E-state index contributed by atoms with van der Waals surface area (Å²) >= 11 is 0. The Hall–Kier alpha value is -1.79. The van der Waals surface area contributed by atoms with E-state index in [1.807, 2.05) is 0 Å². The molecular weight excluding hydrogens is 276 g/mol. The van der Waals surface area contributed by atoms with Crippen molar-refractivity contribution in [3.8, 4) is 0 Å². The summed E-state index contributed by atoms with van der Waals surface area (Å²) in [6.07, 6.45) is 3.94. The van der Waals surface area contributed by atoms with Gasteiger partial charge in [-0.05, 0) is 39.0 Å². The zero-order valence-electron chi connectivity index (χ0n) is 12.3. The van der Waals surface area contributed by atoms with Crippen LogP contribution in [0.1, 0.15) is 39.0 Å². The van der Waals surface area contributed by atoms with Gasteiger partial charge < -0.3 is 19.6 Å². The van der Waals surface area contributed by atoms with Crippen molar-refractivity contribution in [2.24, 2.45) is 0 Å². The summed E-state index contributed by atoms with van der Waals surface area (Å²) in [4.78, 5) is 38.4. The minimum atomic E-state index is -1.03. The summed E-state index contributed by atoms with van der Waals surface area (Å²) in [6, 6.07) is -0.933. The van der Waals surface area contributed by atoms with Gasteiger partial charge in [0, 0.05) is 12.6 Å². The van der Waals surface area contributed by atoms with Crippen LogP contribution in [-0.4, -0.2) is 64.7 Å². The topological polar surface area (TPSA) is 87.2 Å². The Morgan fingerprint density at radius 2 is 1.95 bits per heavy atom. The van der Waals surface area contributed by atoms with E-state index in [0.717, 1.165) is 25.7 Å². The number of likely N-dealkylation sites (tertiary alicyclic amines) is 1. The molecule has 1 saturated heterocycles. The second-order valence-corrected chi connectivity index (χ2v) is 5.49. The number of esters is 1. The third-order valence-corrected chi connectivity index (χ3v) is 3.85. The molecule has 21 heavy (non-hydrogen) atoms. The number of amides is 2. The Kier molecular flexibility index (Phi) is 5.03. The number of nitrogens with zero attached hydrogens (tertiary/aromatic N) is 2. The van der Waals surface area contributed by atoms with Crippen LogP contribution < -0.4 is 0 Å². The van der Waals surface area contributed by atoms with E-state index < -0.39 is 18.0 Å². The van der Waals surface area contributed by atoms with Gasteiger partial charge in [0.15, 0.2) is 0 Å². The molecule has 7 nitrogen and oxygen atoms in total. The van der Waals surface area contributed by atoms with Crippen molar-refractivity contribution in [1.29, 1.82) is 0 Å². The number of hydrogen-bond acceptors (Lipinski definition) is 4. The molecule has 7 heteroatoms. The second kappa shape index (κ2) is 6.78. The monoisotopic (exact) mass is 298 g/mol. The van der Waals surface area contributed by atoms with Gasteiger partial charge in [-0.15, -0.1) is 0 Å². The highest BCUT2D eigenvalue weighted by Crippen LogP contribution is 2.29. The smallest absolute Gasteiger partial charge is 0.328 e. The van der Waals surface area contributed by atoms with E-state index in [0.29, 0.717) is 13.0 Å². The summed E-state index contributed by atoms with van der Waals surface area (Å²) in [5.41, 5.74) is 0. The fourth-order valence-corrected chi connectivity index (χ4v) is 2.69. The molecule has 2 aliphatic rings. The van der Waals surface area contributed by atoms with Gasteiger partial charge in [-0.1, -0.05) is 0 Å². The van der Waals surface area contributed by atoms with E-state index in [1.165, 1.54) is 9.80 Å². The van der Waals surface area contributed by atoms with Gasteiger partial charge in [-0.2, -0.15) is 0 Å². The standard InChI is InChI=1S/C14H22N2O5/c1-2-21-13(19)11-5-3-4-8-15(11)14(20)16(9-12(17)18)10-6-7-10/h10-11H,2-9H2,1H3,(H,17,18). The molecule has 2 rings (SSSR count). The van der Waals surface area contributed by atoms with Gasteiger partial charge >= 0.3 is 18.0 Å². The van der Waals surface area contributed by atoms with Gasteiger partial charge in [0.1, 0.15) is 12.6 Å². The maximum atomic E-state index is 12.6. The van der Waals surface area contributed by atoms with Crippen LogP contribution in [0.25, 0.3) is 0 Å². The lowest BCUT2D eigenvalue weighted by Crippen LogP contribution is -2.55. The van der Waals surface area contributed by atoms with Crippen molar-refractivity contribution < 1.29 is 24.2 Å². The predicted molar refractivity (Wildman–Crippen MR) is 73.7 cm³/mol. The molecule has 0 bridgehead atoms. The van der Waals surface area contributed by atoms with Crippen molar-refractivity contribution in [3.63, 3.8) is 0 Å². The Morgan fingerprint density at radius 3 is 2.52 bits per heavy atom. The van der Waals surface area contributed by atoms with Crippen LogP contribution in [-0.2, 0) is 14.3 Å². The molecule has 0 spiro atoms. The minimum Gasteiger partial charge on any atom is -0.480 e. The third-order valence-electron chi connectivity index (χ3n) is 3.85. The highest BCUT2D eigenvalue weighted by molar-refractivity contribution is 5.86. The average molecular weight is 298 g/mol. The molecule has 0 aromatic rings. The Morgan fingerprint density at radius 1 is 1.24 bits per heavy atom. The van der Waals surface area contributed by atoms with Gasteiger partial charge in [-0.25, -0.2) is 9.59 Å². The average Bonchev–Trinajstić information content (AvgIpc) is 3.28. The molecule has 1 N–H and O–H groups in total. The minimum absolute atomic E-state index is 0.00151. The van der Waals surface area contributed by atoms with Crippen molar-refractivity contribution in [2.75, 3.05) is 19.7 Å². The maximum absolute atomic E-state index is 12.6. The first kappa shape index (κ1) is 15.6. The van der Waals surface area contributed by atoms with E-state index in [2.05, 4.69) is 0 Å². The predicted octanol–water partition coefficient (Wildman–Crippen LogP) is 1.07. The Bertz CT molecular complexity index is 422. The number of aliphatic carboxylic acids is 1. The first-order valence-corrected chi connectivity index (χ1v) is 7.50. The van der Waals surface area contributed by atoms with Crippen LogP contribution >= 0.6 is 0 Å². The first-order valence-electron chi connectivity index (χ1n) is 7.50. The number of rotatable bonds is 5. The molecule has 1 atom stereocenters. The van der Waals surface area contributed by atoms with Gasteiger partial charge in [0.05, 0.1) is 6.61 Å². The maximum Gasteiger partial charge on any atom is 0.328 e. The lowest BCUT2D eigenvalue weighted by molar-refractivity contribution is -0.149. The van der Waals surface area contributed by atoms with Crippen LogP contribution in [0.3, 0.4) is 0 Å². The van der Waals surface area contributed by atoms with Crippen molar-refractivity contribution >= 4 is 18.0 Å². The number of carboxylic acids is 1. The Labute approximate surface area is 123 Å². The van der Waals surface area contributed by atoms with E-state index in [9.17, 15) is 14.4 Å². The van der Waals surface area contributed by atoms with Crippen LogP contribution in [0.15, 0.2) is 0 Å². The van der Waals surface area contributed by atoms with E-state index in [-0.39, 0.29) is 25.2 Å². The number of carbonyl (C=O) groups excluding carboxylic acids is 2. The molecule has 1 aliphatic carbocycles. The number of ether oxygens (including phenoxy) is 1. The fraction of sp³-hybridized carbons (Fsp3) is 0.786. The molecule has 2 fully saturated rings. The molecule has 1 heterocycles. The van der Waals surface area contributed by atoms with Crippen molar-refractivity contribution in [1.82, 2.24) is 9.80 Å². The molecule has 1 aliphatic heterocycles. The molecule has 118 valence electrons. The molecule has 0 aromatic carbocycles. The number of carboxylic acid groups (broad SMARTS) is 1. The quantitative estimate of drug-likeness (QED) is 0.767. The van der Waals surface area contributed by atoms with Crippen molar-refractivity contribution in [3.05, 3.63) is 0 Å². The van der Waals surface area contributed by atoms with Crippen LogP contribution in [0.2, 0.25) is 0 Å². The highest BCUT2D eigenvalue weighted by Gasteiger charge is 2.40. The lowest BCUT2D eigenvalue weighted by Gasteiger charge is -2.37. The number of piperidine rings is 1.